The maximum absolute atomic E-state index is 5.77. The molecular weight excluding hydrogens is 194 g/mol. The van der Waals surface area contributed by atoms with Gasteiger partial charge in [-0.05, 0) is 12.3 Å². The highest BCUT2D eigenvalue weighted by atomic mass is 16.9. The van der Waals surface area contributed by atoms with Gasteiger partial charge in [-0.3, -0.25) is 0 Å². The molecular formula is C11H19NO3. The van der Waals surface area contributed by atoms with Gasteiger partial charge in [0.1, 0.15) is 6.10 Å². The van der Waals surface area contributed by atoms with E-state index >= 15 is 0 Å². The highest BCUT2D eigenvalue weighted by Gasteiger charge is 2.74. The van der Waals surface area contributed by atoms with Crippen molar-refractivity contribution in [3.8, 4) is 0 Å². The number of aliphatic imine (C=N–C) groups is 1. The molecule has 2 heterocycles. The molecule has 0 aliphatic carbocycles. The van der Waals surface area contributed by atoms with Gasteiger partial charge in [0, 0.05) is 14.0 Å². The van der Waals surface area contributed by atoms with Crippen LogP contribution in [0.4, 0.5) is 0 Å². The Morgan fingerprint density at radius 3 is 2.67 bits per heavy atom. The molecule has 1 fully saturated rings. The van der Waals surface area contributed by atoms with Crippen molar-refractivity contribution < 1.29 is 14.2 Å². The number of nitrogens with zero attached hydrogens (tertiary/aromatic N) is 1. The summed E-state index contributed by atoms with van der Waals surface area (Å²) < 4.78 is 16.7. The maximum Gasteiger partial charge on any atom is 0.357 e. The summed E-state index contributed by atoms with van der Waals surface area (Å²) >= 11 is 0. The van der Waals surface area contributed by atoms with Crippen molar-refractivity contribution in [2.24, 2.45) is 10.9 Å². The first-order chi connectivity index (χ1) is 7.01. The average Bonchev–Trinajstić information content (AvgIpc) is 2.38. The van der Waals surface area contributed by atoms with Gasteiger partial charge in [-0.25, -0.2) is 4.99 Å². The van der Waals surface area contributed by atoms with Crippen molar-refractivity contribution >= 4 is 5.90 Å². The van der Waals surface area contributed by atoms with Crippen molar-refractivity contribution in [2.75, 3.05) is 7.11 Å². The van der Waals surface area contributed by atoms with Crippen LogP contribution in [0.5, 0.6) is 0 Å². The first kappa shape index (κ1) is 10.9. The summed E-state index contributed by atoms with van der Waals surface area (Å²) in [6.45, 7) is 8.20. The van der Waals surface area contributed by atoms with E-state index in [0.717, 1.165) is 6.42 Å². The first-order valence-corrected chi connectivity index (χ1v) is 5.50. The van der Waals surface area contributed by atoms with Crippen molar-refractivity contribution in [2.45, 2.75) is 51.7 Å². The van der Waals surface area contributed by atoms with Gasteiger partial charge in [-0.1, -0.05) is 20.8 Å². The van der Waals surface area contributed by atoms with Gasteiger partial charge in [0.25, 0.3) is 0 Å². The van der Waals surface area contributed by atoms with E-state index in [9.17, 15) is 0 Å². The van der Waals surface area contributed by atoms with E-state index in [2.05, 4.69) is 25.8 Å². The van der Waals surface area contributed by atoms with Crippen molar-refractivity contribution in [1.82, 2.24) is 0 Å². The zero-order valence-electron chi connectivity index (χ0n) is 10.0. The van der Waals surface area contributed by atoms with E-state index in [1.807, 2.05) is 6.92 Å². The SMILES string of the molecule is CC[C@@]12N=C(C)O[C@@]1(OC)O[C@@H]2C(C)C. The molecule has 0 saturated carbocycles. The van der Waals surface area contributed by atoms with Gasteiger partial charge < -0.3 is 14.2 Å². The Morgan fingerprint density at radius 1 is 1.53 bits per heavy atom. The molecule has 0 spiro atoms. The lowest BCUT2D eigenvalue weighted by Gasteiger charge is -2.55. The third kappa shape index (κ3) is 1.12. The molecule has 0 bridgehead atoms. The van der Waals surface area contributed by atoms with E-state index in [0.29, 0.717) is 11.8 Å². The molecule has 0 unspecified atom stereocenters. The second kappa shape index (κ2) is 3.19. The Morgan fingerprint density at radius 2 is 2.20 bits per heavy atom. The van der Waals surface area contributed by atoms with Crippen LogP contribution in [0.3, 0.4) is 0 Å². The minimum Gasteiger partial charge on any atom is -0.424 e. The van der Waals surface area contributed by atoms with E-state index in [-0.39, 0.29) is 11.6 Å². The summed E-state index contributed by atoms with van der Waals surface area (Å²) in [5.74, 6) is 0.106. The summed E-state index contributed by atoms with van der Waals surface area (Å²) in [5.41, 5.74) is -0.347. The molecule has 0 radical (unpaired) electrons. The fourth-order valence-electron chi connectivity index (χ4n) is 2.68. The maximum atomic E-state index is 5.77. The molecule has 2 aliphatic heterocycles. The van der Waals surface area contributed by atoms with Crippen LogP contribution in [0.25, 0.3) is 0 Å². The molecule has 0 aromatic rings. The third-order valence-corrected chi connectivity index (χ3v) is 3.34. The Kier molecular flexibility index (Phi) is 2.32. The monoisotopic (exact) mass is 213 g/mol. The highest BCUT2D eigenvalue weighted by molar-refractivity contribution is 5.76. The number of methoxy groups -OCH3 is 1. The lowest BCUT2D eigenvalue weighted by atomic mass is 9.76. The molecule has 3 atom stereocenters. The number of rotatable bonds is 3. The molecule has 2 rings (SSSR count). The smallest absolute Gasteiger partial charge is 0.357 e. The number of hydrogen-bond donors (Lipinski definition) is 0. The van der Waals surface area contributed by atoms with Crippen LogP contribution in [0.1, 0.15) is 34.1 Å². The molecule has 4 heteroatoms. The molecule has 15 heavy (non-hydrogen) atoms. The summed E-state index contributed by atoms with van der Waals surface area (Å²) in [6, 6.07) is 0. The third-order valence-electron chi connectivity index (χ3n) is 3.34. The zero-order chi connectivity index (χ0) is 11.3. The quantitative estimate of drug-likeness (QED) is 0.719. The fourth-order valence-corrected chi connectivity index (χ4v) is 2.68. The van der Waals surface area contributed by atoms with Crippen LogP contribution in [-0.2, 0) is 14.2 Å². The van der Waals surface area contributed by atoms with Crippen LogP contribution < -0.4 is 0 Å². The lowest BCUT2D eigenvalue weighted by Crippen LogP contribution is -2.74. The van der Waals surface area contributed by atoms with Gasteiger partial charge in [-0.2, -0.15) is 0 Å². The second-order valence-electron chi connectivity index (χ2n) is 4.55. The fraction of sp³-hybridized carbons (Fsp3) is 0.909. The summed E-state index contributed by atoms with van der Waals surface area (Å²) in [5, 5.41) is 0. The second-order valence-corrected chi connectivity index (χ2v) is 4.55. The van der Waals surface area contributed by atoms with E-state index in [4.69, 9.17) is 14.2 Å². The highest BCUT2D eigenvalue weighted by Crippen LogP contribution is 2.55. The molecule has 1 saturated heterocycles. The molecule has 2 aliphatic rings. The number of fused-ring (bicyclic) bond motifs is 1. The van der Waals surface area contributed by atoms with E-state index in [1.54, 1.807) is 7.11 Å². The Labute approximate surface area is 90.6 Å². The largest absolute Gasteiger partial charge is 0.424 e. The topological polar surface area (TPSA) is 40.0 Å². The zero-order valence-corrected chi connectivity index (χ0v) is 10.0. The normalized spacial score (nSPS) is 43.3. The van der Waals surface area contributed by atoms with Crippen LogP contribution in [0.2, 0.25) is 0 Å². The standard InChI is InChI=1S/C11H19NO3/c1-6-10-9(7(2)3)15-11(10,13-5)14-8(4)12-10/h7,9H,6H2,1-5H3/t9-,10+,11-/m1/s1. The molecule has 0 aromatic heterocycles. The van der Waals surface area contributed by atoms with Gasteiger partial charge in [0.15, 0.2) is 11.4 Å². The average molecular weight is 213 g/mol. The Bertz CT molecular complexity index is 302. The molecule has 4 nitrogen and oxygen atoms in total. The Balaban J connectivity index is 2.35. The molecule has 0 amide bonds. The molecule has 0 aromatic carbocycles. The van der Waals surface area contributed by atoms with Gasteiger partial charge >= 0.3 is 5.97 Å². The van der Waals surface area contributed by atoms with E-state index < -0.39 is 5.97 Å². The summed E-state index contributed by atoms with van der Waals surface area (Å²) in [6.07, 6.45) is 0.945. The van der Waals surface area contributed by atoms with Crippen LogP contribution in [-0.4, -0.2) is 30.6 Å². The van der Waals surface area contributed by atoms with Crippen molar-refractivity contribution in [1.29, 1.82) is 0 Å². The van der Waals surface area contributed by atoms with Gasteiger partial charge in [-0.15, -0.1) is 0 Å². The predicted molar refractivity (Wildman–Crippen MR) is 56.7 cm³/mol. The predicted octanol–water partition coefficient (Wildman–Crippen LogP) is 1.94. The number of ether oxygens (including phenoxy) is 3. The Hall–Kier alpha value is -0.610. The van der Waals surface area contributed by atoms with Crippen molar-refractivity contribution in [3.63, 3.8) is 0 Å². The minimum atomic E-state index is -0.958. The van der Waals surface area contributed by atoms with Crippen molar-refractivity contribution in [3.05, 3.63) is 0 Å². The van der Waals surface area contributed by atoms with Gasteiger partial charge in [0.2, 0.25) is 0 Å². The molecule has 86 valence electrons. The van der Waals surface area contributed by atoms with Crippen LogP contribution in [0, 0.1) is 5.92 Å². The minimum absolute atomic E-state index is 0.0832. The summed E-state index contributed by atoms with van der Waals surface area (Å²) in [7, 11) is 1.61. The summed E-state index contributed by atoms with van der Waals surface area (Å²) in [4.78, 5) is 4.60. The lowest BCUT2D eigenvalue weighted by molar-refractivity contribution is -0.466. The van der Waals surface area contributed by atoms with E-state index in [1.165, 1.54) is 0 Å². The van der Waals surface area contributed by atoms with Gasteiger partial charge in [0.05, 0.1) is 0 Å². The number of hydrogen-bond acceptors (Lipinski definition) is 4. The van der Waals surface area contributed by atoms with Crippen LogP contribution >= 0.6 is 0 Å². The first-order valence-electron chi connectivity index (χ1n) is 5.50. The molecule has 0 N–H and O–H groups in total. The van der Waals surface area contributed by atoms with Crippen LogP contribution in [0.15, 0.2) is 4.99 Å².